The SMILES string of the molecule is C=c1nncc(NC2CC2)c1=C(C)N. The third-order valence-corrected chi connectivity index (χ3v) is 2.25. The summed E-state index contributed by atoms with van der Waals surface area (Å²) in [6.07, 6.45) is 4.15. The van der Waals surface area contributed by atoms with Crippen molar-refractivity contribution in [1.29, 1.82) is 0 Å². The van der Waals surface area contributed by atoms with Crippen molar-refractivity contribution in [3.63, 3.8) is 0 Å². The molecule has 0 amide bonds. The molecule has 0 aliphatic heterocycles. The van der Waals surface area contributed by atoms with Gasteiger partial charge in [0.15, 0.2) is 0 Å². The predicted octanol–water partition coefficient (Wildman–Crippen LogP) is -0.452. The zero-order chi connectivity index (χ0) is 10.1. The van der Waals surface area contributed by atoms with Crippen molar-refractivity contribution in [2.24, 2.45) is 5.73 Å². The molecule has 1 fully saturated rings. The summed E-state index contributed by atoms with van der Waals surface area (Å²) < 4.78 is 0. The van der Waals surface area contributed by atoms with Gasteiger partial charge in [-0.3, -0.25) is 0 Å². The highest BCUT2D eigenvalue weighted by Crippen LogP contribution is 2.22. The monoisotopic (exact) mass is 190 g/mol. The van der Waals surface area contributed by atoms with Gasteiger partial charge in [-0.2, -0.15) is 10.2 Å². The van der Waals surface area contributed by atoms with Crippen LogP contribution in [0.3, 0.4) is 0 Å². The lowest BCUT2D eigenvalue weighted by molar-refractivity contribution is 0.972. The van der Waals surface area contributed by atoms with Crippen LogP contribution in [0, 0.1) is 0 Å². The topological polar surface area (TPSA) is 63.8 Å². The van der Waals surface area contributed by atoms with Gasteiger partial charge in [-0.25, -0.2) is 0 Å². The number of nitrogens with one attached hydrogen (secondary N) is 1. The highest BCUT2D eigenvalue weighted by Gasteiger charge is 2.21. The third-order valence-electron chi connectivity index (χ3n) is 2.25. The van der Waals surface area contributed by atoms with E-state index in [0.717, 1.165) is 16.6 Å². The lowest BCUT2D eigenvalue weighted by Crippen LogP contribution is -2.34. The van der Waals surface area contributed by atoms with E-state index in [1.807, 2.05) is 6.92 Å². The van der Waals surface area contributed by atoms with E-state index in [1.54, 1.807) is 6.20 Å². The molecule has 1 aromatic rings. The van der Waals surface area contributed by atoms with Gasteiger partial charge in [0, 0.05) is 17.0 Å². The zero-order valence-electron chi connectivity index (χ0n) is 8.25. The minimum Gasteiger partial charge on any atom is -0.402 e. The summed E-state index contributed by atoms with van der Waals surface area (Å²) in [4.78, 5) is 0. The first kappa shape index (κ1) is 8.99. The Morgan fingerprint density at radius 1 is 1.64 bits per heavy atom. The first-order chi connectivity index (χ1) is 6.68. The molecule has 1 saturated carbocycles. The molecular weight excluding hydrogens is 176 g/mol. The highest BCUT2D eigenvalue weighted by atomic mass is 15.1. The van der Waals surface area contributed by atoms with Crippen LogP contribution in [0.4, 0.5) is 5.69 Å². The summed E-state index contributed by atoms with van der Waals surface area (Å²) in [6.45, 7) is 5.67. The Balaban J connectivity index is 2.52. The van der Waals surface area contributed by atoms with Gasteiger partial charge in [0.05, 0.1) is 17.2 Å². The fraction of sp³-hybridized carbons (Fsp3) is 0.400. The van der Waals surface area contributed by atoms with Crippen LogP contribution < -0.4 is 21.6 Å². The molecule has 1 aliphatic carbocycles. The molecule has 0 atom stereocenters. The van der Waals surface area contributed by atoms with Crippen LogP contribution in [0.2, 0.25) is 0 Å². The van der Waals surface area contributed by atoms with E-state index in [0.29, 0.717) is 11.4 Å². The normalized spacial score (nSPS) is 17.8. The summed E-state index contributed by atoms with van der Waals surface area (Å²) in [7, 11) is 0. The second-order valence-electron chi connectivity index (χ2n) is 3.68. The van der Waals surface area contributed by atoms with Crippen LogP contribution >= 0.6 is 0 Å². The molecule has 4 nitrogen and oxygen atoms in total. The number of hydrogen-bond donors (Lipinski definition) is 2. The number of nitrogens with two attached hydrogens (primary N) is 1. The molecule has 4 heteroatoms. The number of hydrogen-bond acceptors (Lipinski definition) is 4. The van der Waals surface area contributed by atoms with Gasteiger partial charge >= 0.3 is 0 Å². The quantitative estimate of drug-likeness (QED) is 0.663. The third kappa shape index (κ3) is 1.69. The number of rotatable bonds is 2. The van der Waals surface area contributed by atoms with Crippen molar-refractivity contribution in [3.8, 4) is 0 Å². The molecule has 1 aliphatic rings. The molecular formula is C10H14N4. The van der Waals surface area contributed by atoms with Crippen LogP contribution in [0.25, 0.3) is 12.3 Å². The van der Waals surface area contributed by atoms with Crippen molar-refractivity contribution in [3.05, 3.63) is 16.8 Å². The zero-order valence-corrected chi connectivity index (χ0v) is 8.25. The van der Waals surface area contributed by atoms with Crippen molar-refractivity contribution < 1.29 is 0 Å². The molecule has 1 heterocycles. The van der Waals surface area contributed by atoms with Gasteiger partial charge in [-0.1, -0.05) is 6.58 Å². The first-order valence-electron chi connectivity index (χ1n) is 4.72. The van der Waals surface area contributed by atoms with Crippen LogP contribution in [0.1, 0.15) is 19.8 Å². The Morgan fingerprint density at radius 3 is 2.93 bits per heavy atom. The molecule has 0 unspecified atom stereocenters. The fourth-order valence-electron chi connectivity index (χ4n) is 1.42. The smallest absolute Gasteiger partial charge is 0.0896 e. The van der Waals surface area contributed by atoms with E-state index < -0.39 is 0 Å². The predicted molar refractivity (Wildman–Crippen MR) is 56.7 cm³/mol. The van der Waals surface area contributed by atoms with Crippen LogP contribution in [-0.4, -0.2) is 16.2 Å². The maximum Gasteiger partial charge on any atom is 0.0896 e. The second-order valence-corrected chi connectivity index (χ2v) is 3.68. The van der Waals surface area contributed by atoms with Crippen molar-refractivity contribution >= 4 is 18.0 Å². The average molecular weight is 190 g/mol. The average Bonchev–Trinajstić information content (AvgIpc) is 2.87. The molecule has 0 spiro atoms. The van der Waals surface area contributed by atoms with Gasteiger partial charge in [-0.15, -0.1) is 0 Å². The summed E-state index contributed by atoms with van der Waals surface area (Å²) in [5, 5.41) is 12.6. The van der Waals surface area contributed by atoms with Gasteiger partial charge in [0.1, 0.15) is 0 Å². The number of nitrogens with zero attached hydrogens (tertiary/aromatic N) is 2. The Bertz CT molecular complexity index is 444. The van der Waals surface area contributed by atoms with Crippen molar-refractivity contribution in [1.82, 2.24) is 10.2 Å². The number of anilines is 1. The molecule has 0 aromatic carbocycles. The summed E-state index contributed by atoms with van der Waals surface area (Å²) in [5.74, 6) is 0. The summed E-state index contributed by atoms with van der Waals surface area (Å²) in [6, 6.07) is 0.580. The van der Waals surface area contributed by atoms with E-state index in [2.05, 4.69) is 22.1 Å². The van der Waals surface area contributed by atoms with Crippen molar-refractivity contribution in [2.75, 3.05) is 5.32 Å². The van der Waals surface area contributed by atoms with Crippen LogP contribution in [0.5, 0.6) is 0 Å². The largest absolute Gasteiger partial charge is 0.402 e. The maximum absolute atomic E-state index is 5.78. The summed E-state index contributed by atoms with van der Waals surface area (Å²) >= 11 is 0. The van der Waals surface area contributed by atoms with E-state index >= 15 is 0 Å². The Kier molecular flexibility index (Phi) is 2.11. The van der Waals surface area contributed by atoms with Gasteiger partial charge in [0.2, 0.25) is 0 Å². The Morgan fingerprint density at radius 2 is 2.36 bits per heavy atom. The maximum atomic E-state index is 5.78. The lowest BCUT2D eigenvalue weighted by Gasteiger charge is -2.05. The Hall–Kier alpha value is -1.58. The van der Waals surface area contributed by atoms with Crippen LogP contribution in [0.15, 0.2) is 6.20 Å². The molecule has 0 bridgehead atoms. The molecule has 2 rings (SSSR count). The molecule has 0 saturated heterocycles. The van der Waals surface area contributed by atoms with Crippen LogP contribution in [-0.2, 0) is 0 Å². The van der Waals surface area contributed by atoms with E-state index in [9.17, 15) is 0 Å². The summed E-state index contributed by atoms with van der Waals surface area (Å²) in [5.41, 5.74) is 7.46. The fourth-order valence-corrected chi connectivity index (χ4v) is 1.42. The molecule has 1 aromatic heterocycles. The molecule has 14 heavy (non-hydrogen) atoms. The van der Waals surface area contributed by atoms with E-state index in [1.165, 1.54) is 12.8 Å². The van der Waals surface area contributed by atoms with Gasteiger partial charge < -0.3 is 11.1 Å². The standard InChI is InChI=1S/C10H14N4/c1-6(11)10-7(2)14-12-5-9(10)13-8-3-4-8/h5,8,13H,2-4,11H2,1H3. The lowest BCUT2D eigenvalue weighted by atomic mass is 10.3. The molecule has 3 N–H and O–H groups in total. The second kappa shape index (κ2) is 3.29. The van der Waals surface area contributed by atoms with Crippen molar-refractivity contribution in [2.45, 2.75) is 25.8 Å². The minimum absolute atomic E-state index is 0.580. The molecule has 0 radical (unpaired) electrons. The Labute approximate surface area is 82.5 Å². The number of aromatic nitrogens is 2. The van der Waals surface area contributed by atoms with Gasteiger partial charge in [-0.05, 0) is 19.8 Å². The van der Waals surface area contributed by atoms with E-state index in [-0.39, 0.29) is 0 Å². The minimum atomic E-state index is 0.580. The highest BCUT2D eigenvalue weighted by molar-refractivity contribution is 5.53. The first-order valence-corrected chi connectivity index (χ1v) is 4.72. The van der Waals surface area contributed by atoms with E-state index in [4.69, 9.17) is 5.73 Å². The van der Waals surface area contributed by atoms with Gasteiger partial charge in [0.25, 0.3) is 0 Å². The molecule has 74 valence electrons.